The summed E-state index contributed by atoms with van der Waals surface area (Å²) in [7, 11) is 0. The number of nitrogens with zero attached hydrogens (tertiary/aromatic N) is 4. The Morgan fingerprint density at radius 3 is 2.54 bits per heavy atom. The van der Waals surface area contributed by atoms with Crippen molar-refractivity contribution < 1.29 is 9.32 Å². The van der Waals surface area contributed by atoms with Crippen LogP contribution in [0.1, 0.15) is 37.9 Å². The van der Waals surface area contributed by atoms with Crippen molar-refractivity contribution in [2.75, 3.05) is 13.1 Å². The summed E-state index contributed by atoms with van der Waals surface area (Å²) >= 11 is 0. The largest absolute Gasteiger partial charge is 0.339 e. The van der Waals surface area contributed by atoms with E-state index in [-0.39, 0.29) is 11.7 Å². The lowest BCUT2D eigenvalue weighted by atomic mass is 9.95. The fourth-order valence-electron chi connectivity index (χ4n) is 3.08. The van der Waals surface area contributed by atoms with E-state index in [4.69, 9.17) is 4.52 Å². The Hall–Kier alpha value is -2.86. The predicted octanol–water partition coefficient (Wildman–Crippen LogP) is 3.77. The van der Waals surface area contributed by atoms with Gasteiger partial charge in [0, 0.05) is 43.0 Å². The molecule has 1 aromatic carbocycles. The number of carbonyl (C=O) groups excluding carboxylic acids is 1. The van der Waals surface area contributed by atoms with Crippen molar-refractivity contribution in [1.29, 1.82) is 0 Å². The van der Waals surface area contributed by atoms with Crippen LogP contribution in [0.2, 0.25) is 0 Å². The van der Waals surface area contributed by atoms with Crippen LogP contribution >= 0.6 is 0 Å². The number of benzene rings is 1. The van der Waals surface area contributed by atoms with Gasteiger partial charge in [-0.2, -0.15) is 4.98 Å². The minimum Gasteiger partial charge on any atom is -0.339 e. The van der Waals surface area contributed by atoms with Crippen molar-refractivity contribution in [1.82, 2.24) is 20.0 Å². The lowest BCUT2D eigenvalue weighted by Crippen LogP contribution is -2.48. The molecule has 0 aliphatic carbocycles. The van der Waals surface area contributed by atoms with Gasteiger partial charge < -0.3 is 4.52 Å². The van der Waals surface area contributed by atoms with Crippen LogP contribution in [0, 0.1) is 5.92 Å². The zero-order chi connectivity index (χ0) is 19.9. The van der Waals surface area contributed by atoms with Gasteiger partial charge in [-0.15, -0.1) is 0 Å². The number of ketones is 1. The molecular formula is C22H26N4O2. The molecule has 1 aliphatic rings. The van der Waals surface area contributed by atoms with Crippen LogP contribution in [0.4, 0.5) is 0 Å². The summed E-state index contributed by atoms with van der Waals surface area (Å²) in [6.07, 6.45) is 2.28. The SMILES string of the molecule is CC.CC(=O)C1CN(Cc2ccc(-c3noc(Cc4ccccn4)n3)cc2)C1. The standard InChI is InChI=1S/C20H20N4O2.C2H6/c1-14(25)17-12-24(13-17)11-15-5-7-16(8-6-15)20-22-19(26-23-20)10-18-4-2-3-9-21-18;1-2/h2-9,17H,10-13H2,1H3;1-2H3. The molecule has 4 rings (SSSR count). The van der Waals surface area contributed by atoms with Gasteiger partial charge in [0.25, 0.3) is 0 Å². The first-order valence-corrected chi connectivity index (χ1v) is 9.72. The Morgan fingerprint density at radius 1 is 1.14 bits per heavy atom. The molecule has 2 aromatic heterocycles. The molecule has 3 heterocycles. The van der Waals surface area contributed by atoms with Gasteiger partial charge in [-0.25, -0.2) is 0 Å². The minimum atomic E-state index is 0.214. The molecule has 3 aromatic rings. The van der Waals surface area contributed by atoms with Crippen molar-refractivity contribution in [2.24, 2.45) is 5.92 Å². The normalized spacial score (nSPS) is 14.1. The molecule has 0 saturated carbocycles. The van der Waals surface area contributed by atoms with Gasteiger partial charge in [0.1, 0.15) is 5.78 Å². The van der Waals surface area contributed by atoms with Gasteiger partial charge in [-0.3, -0.25) is 14.7 Å². The molecule has 0 atom stereocenters. The summed E-state index contributed by atoms with van der Waals surface area (Å²) in [6.45, 7) is 8.25. The van der Waals surface area contributed by atoms with Crippen molar-refractivity contribution in [3.05, 3.63) is 65.8 Å². The second kappa shape index (κ2) is 9.37. The quantitative estimate of drug-likeness (QED) is 0.650. The third kappa shape index (κ3) is 4.89. The first kappa shape index (κ1) is 19.9. The smallest absolute Gasteiger partial charge is 0.232 e. The summed E-state index contributed by atoms with van der Waals surface area (Å²) < 4.78 is 5.34. The monoisotopic (exact) mass is 378 g/mol. The highest BCUT2D eigenvalue weighted by molar-refractivity contribution is 5.79. The molecule has 0 bridgehead atoms. The van der Waals surface area contributed by atoms with E-state index in [1.54, 1.807) is 13.1 Å². The topological polar surface area (TPSA) is 72.1 Å². The maximum atomic E-state index is 11.3. The lowest BCUT2D eigenvalue weighted by Gasteiger charge is -2.37. The number of pyridine rings is 1. The zero-order valence-electron chi connectivity index (χ0n) is 16.6. The average molecular weight is 378 g/mol. The summed E-state index contributed by atoms with van der Waals surface area (Å²) in [5, 5.41) is 4.07. The van der Waals surface area contributed by atoms with Gasteiger partial charge in [0.05, 0.1) is 6.42 Å². The molecule has 6 nitrogen and oxygen atoms in total. The van der Waals surface area contributed by atoms with Crippen molar-refractivity contribution in [3.8, 4) is 11.4 Å². The summed E-state index contributed by atoms with van der Waals surface area (Å²) in [4.78, 5) is 22.3. The molecule has 1 fully saturated rings. The van der Waals surface area contributed by atoms with Gasteiger partial charge in [-0.05, 0) is 24.6 Å². The van der Waals surface area contributed by atoms with Gasteiger partial charge >= 0.3 is 0 Å². The van der Waals surface area contributed by atoms with Crippen molar-refractivity contribution in [3.63, 3.8) is 0 Å². The van der Waals surface area contributed by atoms with E-state index < -0.39 is 0 Å². The van der Waals surface area contributed by atoms with Crippen LogP contribution in [0.3, 0.4) is 0 Å². The van der Waals surface area contributed by atoms with E-state index in [0.717, 1.165) is 30.9 Å². The molecule has 6 heteroatoms. The van der Waals surface area contributed by atoms with E-state index >= 15 is 0 Å². The molecule has 1 saturated heterocycles. The Morgan fingerprint density at radius 2 is 1.89 bits per heavy atom. The molecule has 0 N–H and O–H groups in total. The Bertz CT molecular complexity index is 884. The fraction of sp³-hybridized carbons (Fsp3) is 0.364. The number of carbonyl (C=O) groups is 1. The lowest BCUT2D eigenvalue weighted by molar-refractivity contribution is -0.126. The average Bonchev–Trinajstić information content (AvgIpc) is 3.15. The maximum absolute atomic E-state index is 11.3. The molecular weight excluding hydrogens is 352 g/mol. The number of aromatic nitrogens is 3. The van der Waals surface area contributed by atoms with Crippen molar-refractivity contribution in [2.45, 2.75) is 33.7 Å². The summed E-state index contributed by atoms with van der Waals surface area (Å²) in [6, 6.07) is 13.9. The second-order valence-electron chi connectivity index (χ2n) is 6.71. The maximum Gasteiger partial charge on any atom is 0.232 e. The number of rotatable bonds is 6. The van der Waals surface area contributed by atoms with E-state index in [2.05, 4.69) is 32.2 Å². The van der Waals surface area contributed by atoms with Gasteiger partial charge in [-0.1, -0.05) is 49.3 Å². The number of hydrogen-bond donors (Lipinski definition) is 0. The van der Waals surface area contributed by atoms with Crippen LogP contribution in [-0.4, -0.2) is 38.9 Å². The van der Waals surface area contributed by atoms with Crippen LogP contribution in [0.15, 0.2) is 53.2 Å². The third-order valence-electron chi connectivity index (χ3n) is 4.68. The van der Waals surface area contributed by atoms with Gasteiger partial charge in [0.15, 0.2) is 0 Å². The summed E-state index contributed by atoms with van der Waals surface area (Å²) in [5.41, 5.74) is 3.04. The third-order valence-corrected chi connectivity index (χ3v) is 4.68. The molecule has 0 spiro atoms. The number of hydrogen-bond acceptors (Lipinski definition) is 6. The van der Waals surface area contributed by atoms with E-state index in [1.165, 1.54) is 5.56 Å². The Balaban J connectivity index is 0.00000109. The molecule has 1 aliphatic heterocycles. The Labute approximate surface area is 165 Å². The first-order valence-electron chi connectivity index (χ1n) is 9.72. The van der Waals surface area contributed by atoms with Crippen LogP contribution in [-0.2, 0) is 17.8 Å². The predicted molar refractivity (Wildman–Crippen MR) is 108 cm³/mol. The highest BCUT2D eigenvalue weighted by Crippen LogP contribution is 2.22. The molecule has 28 heavy (non-hydrogen) atoms. The number of Topliss-reactive ketones (excluding diaryl/α,β-unsaturated/α-hetero) is 1. The first-order chi connectivity index (χ1) is 13.7. The van der Waals surface area contributed by atoms with Crippen LogP contribution in [0.5, 0.6) is 0 Å². The van der Waals surface area contributed by atoms with Crippen molar-refractivity contribution >= 4 is 5.78 Å². The molecule has 0 amide bonds. The molecule has 146 valence electrons. The van der Waals surface area contributed by atoms with E-state index in [9.17, 15) is 4.79 Å². The highest BCUT2D eigenvalue weighted by atomic mass is 16.5. The zero-order valence-corrected chi connectivity index (χ0v) is 16.6. The number of likely N-dealkylation sites (tertiary alicyclic amines) is 1. The molecule has 0 radical (unpaired) electrons. The Kier molecular flexibility index (Phi) is 6.66. The second-order valence-corrected chi connectivity index (χ2v) is 6.71. The van der Waals surface area contributed by atoms with E-state index in [1.807, 2.05) is 44.2 Å². The fourth-order valence-corrected chi connectivity index (χ4v) is 3.08. The minimum absolute atomic E-state index is 0.214. The summed E-state index contributed by atoms with van der Waals surface area (Å²) in [5.74, 6) is 1.64. The highest BCUT2D eigenvalue weighted by Gasteiger charge is 2.29. The van der Waals surface area contributed by atoms with Crippen LogP contribution in [0.25, 0.3) is 11.4 Å². The molecule has 0 unspecified atom stereocenters. The van der Waals surface area contributed by atoms with Gasteiger partial charge in [0.2, 0.25) is 11.7 Å². The van der Waals surface area contributed by atoms with Crippen LogP contribution < -0.4 is 0 Å². The van der Waals surface area contributed by atoms with E-state index in [0.29, 0.717) is 18.1 Å².